The molecule has 1 aromatic rings. The molecule has 0 aromatic heterocycles. The van der Waals surface area contributed by atoms with Crippen LogP contribution in [0.2, 0.25) is 0 Å². The third-order valence-corrected chi connectivity index (χ3v) is 4.45. The Hall–Kier alpha value is -1.69. The van der Waals surface area contributed by atoms with Gasteiger partial charge in [0, 0.05) is 18.7 Å². The normalized spacial score (nSPS) is 17.6. The van der Waals surface area contributed by atoms with Gasteiger partial charge in [-0.05, 0) is 24.1 Å². The topological polar surface area (TPSA) is 64.6 Å². The maximum Gasteiger partial charge on any atom is 0.224 e. The molecule has 1 fully saturated rings. The summed E-state index contributed by atoms with van der Waals surface area (Å²) in [6.45, 7) is 0.545. The maximum atomic E-state index is 11.9. The van der Waals surface area contributed by atoms with Crippen molar-refractivity contribution in [2.45, 2.75) is 12.8 Å². The predicted molar refractivity (Wildman–Crippen MR) is 81.8 cm³/mol. The third kappa shape index (κ3) is 4.14. The van der Waals surface area contributed by atoms with Gasteiger partial charge in [-0.2, -0.15) is 0 Å². The second-order valence-corrected chi connectivity index (χ2v) is 5.89. The minimum absolute atomic E-state index is 0.0335. The summed E-state index contributed by atoms with van der Waals surface area (Å²) in [6.07, 6.45) is 1.06. The average molecular weight is 309 g/mol. The van der Waals surface area contributed by atoms with Gasteiger partial charge in [-0.15, -0.1) is 0 Å². The van der Waals surface area contributed by atoms with Crippen LogP contribution >= 0.6 is 11.8 Å². The monoisotopic (exact) mass is 309 g/mol. The van der Waals surface area contributed by atoms with Crippen LogP contribution in [0.3, 0.4) is 0 Å². The Morgan fingerprint density at radius 2 is 2.10 bits per heavy atom. The standard InChI is InChI=1S/C15H19NO4S/c1-19-12-4-3-10(7-13(12)20-2)5-6-16-15(18)11-8-14(17)21-9-11/h3-4,7,11H,5-6,8-9H2,1-2H3,(H,16,18). The van der Waals surface area contributed by atoms with E-state index in [1.807, 2.05) is 18.2 Å². The first-order valence-electron chi connectivity index (χ1n) is 6.78. The fraction of sp³-hybridized carbons (Fsp3) is 0.467. The highest BCUT2D eigenvalue weighted by Crippen LogP contribution is 2.28. The number of hydrogen-bond donors (Lipinski definition) is 1. The fourth-order valence-electron chi connectivity index (χ4n) is 2.19. The molecule has 0 radical (unpaired) electrons. The number of amides is 1. The summed E-state index contributed by atoms with van der Waals surface area (Å²) in [4.78, 5) is 23.0. The zero-order valence-electron chi connectivity index (χ0n) is 12.2. The molecule has 114 valence electrons. The first-order valence-corrected chi connectivity index (χ1v) is 7.77. The van der Waals surface area contributed by atoms with E-state index in [2.05, 4.69) is 5.32 Å². The molecule has 0 aliphatic carbocycles. The smallest absolute Gasteiger partial charge is 0.224 e. The second kappa shape index (κ2) is 7.36. The Kier molecular flexibility index (Phi) is 5.50. The van der Waals surface area contributed by atoms with Crippen molar-refractivity contribution in [3.63, 3.8) is 0 Å². The molecule has 1 amide bonds. The quantitative estimate of drug-likeness (QED) is 0.865. The minimum atomic E-state index is -0.173. The van der Waals surface area contributed by atoms with Gasteiger partial charge in [0.1, 0.15) is 0 Å². The van der Waals surface area contributed by atoms with Crippen LogP contribution in [-0.2, 0) is 16.0 Å². The summed E-state index contributed by atoms with van der Waals surface area (Å²) in [6, 6.07) is 5.70. The van der Waals surface area contributed by atoms with Crippen LogP contribution in [0.15, 0.2) is 18.2 Å². The molecule has 1 aliphatic heterocycles. The molecule has 1 heterocycles. The molecular formula is C15H19NO4S. The number of thioether (sulfide) groups is 1. The Balaban J connectivity index is 1.83. The zero-order valence-corrected chi connectivity index (χ0v) is 13.0. The molecule has 5 nitrogen and oxygen atoms in total. The first-order chi connectivity index (χ1) is 10.1. The van der Waals surface area contributed by atoms with Crippen molar-refractivity contribution in [3.8, 4) is 11.5 Å². The zero-order chi connectivity index (χ0) is 15.2. The van der Waals surface area contributed by atoms with Crippen molar-refractivity contribution in [1.82, 2.24) is 5.32 Å². The number of rotatable bonds is 6. The van der Waals surface area contributed by atoms with Crippen LogP contribution in [0.5, 0.6) is 11.5 Å². The van der Waals surface area contributed by atoms with Crippen LogP contribution in [0.1, 0.15) is 12.0 Å². The van der Waals surface area contributed by atoms with Gasteiger partial charge in [0.25, 0.3) is 0 Å². The van der Waals surface area contributed by atoms with E-state index in [9.17, 15) is 9.59 Å². The molecule has 0 spiro atoms. The SMILES string of the molecule is COc1ccc(CCNC(=O)C2CSC(=O)C2)cc1OC. The number of methoxy groups -OCH3 is 2. The lowest BCUT2D eigenvalue weighted by Crippen LogP contribution is -2.32. The summed E-state index contributed by atoms with van der Waals surface area (Å²) in [5, 5.41) is 2.99. The van der Waals surface area contributed by atoms with Gasteiger partial charge >= 0.3 is 0 Å². The van der Waals surface area contributed by atoms with Gasteiger partial charge in [-0.1, -0.05) is 17.8 Å². The van der Waals surface area contributed by atoms with Crippen LogP contribution < -0.4 is 14.8 Å². The molecule has 1 aliphatic rings. The number of ether oxygens (including phenoxy) is 2. The van der Waals surface area contributed by atoms with Crippen LogP contribution in [0.4, 0.5) is 0 Å². The van der Waals surface area contributed by atoms with Crippen LogP contribution in [0.25, 0.3) is 0 Å². The predicted octanol–water partition coefficient (Wildman–Crippen LogP) is 1.64. The molecule has 1 saturated heterocycles. The molecule has 1 unspecified atom stereocenters. The van der Waals surface area contributed by atoms with E-state index in [4.69, 9.17) is 9.47 Å². The summed E-state index contributed by atoms with van der Waals surface area (Å²) < 4.78 is 10.4. The molecule has 1 aromatic carbocycles. The minimum Gasteiger partial charge on any atom is -0.493 e. The molecule has 6 heteroatoms. The van der Waals surface area contributed by atoms with Crippen molar-refractivity contribution in [1.29, 1.82) is 0 Å². The van der Waals surface area contributed by atoms with Crippen LogP contribution in [-0.4, -0.2) is 37.5 Å². The summed E-state index contributed by atoms with van der Waals surface area (Å²) in [5.74, 6) is 1.76. The van der Waals surface area contributed by atoms with Gasteiger partial charge in [0.15, 0.2) is 16.6 Å². The number of benzene rings is 1. The van der Waals surface area contributed by atoms with Crippen molar-refractivity contribution in [2.75, 3.05) is 26.5 Å². The first kappa shape index (κ1) is 15.7. The molecule has 1 atom stereocenters. The van der Waals surface area contributed by atoms with E-state index in [0.717, 1.165) is 5.56 Å². The van der Waals surface area contributed by atoms with E-state index in [-0.39, 0.29) is 16.9 Å². The highest BCUT2D eigenvalue weighted by Gasteiger charge is 2.28. The number of carbonyl (C=O) groups is 2. The number of carbonyl (C=O) groups excluding carboxylic acids is 2. The average Bonchev–Trinajstić information content (AvgIpc) is 2.93. The third-order valence-electron chi connectivity index (χ3n) is 3.39. The van der Waals surface area contributed by atoms with Crippen molar-refractivity contribution in [2.24, 2.45) is 5.92 Å². The number of nitrogens with one attached hydrogen (secondary N) is 1. The van der Waals surface area contributed by atoms with Gasteiger partial charge in [-0.3, -0.25) is 9.59 Å². The van der Waals surface area contributed by atoms with Crippen molar-refractivity contribution in [3.05, 3.63) is 23.8 Å². The van der Waals surface area contributed by atoms with Gasteiger partial charge in [0.2, 0.25) is 5.91 Å². The molecule has 0 saturated carbocycles. The van der Waals surface area contributed by atoms with E-state index in [1.165, 1.54) is 11.8 Å². The van der Waals surface area contributed by atoms with Crippen molar-refractivity contribution < 1.29 is 19.1 Å². The van der Waals surface area contributed by atoms with Gasteiger partial charge < -0.3 is 14.8 Å². The molecule has 1 N–H and O–H groups in total. The summed E-state index contributed by atoms with van der Waals surface area (Å²) in [5.41, 5.74) is 1.06. The van der Waals surface area contributed by atoms with E-state index >= 15 is 0 Å². The van der Waals surface area contributed by atoms with E-state index in [1.54, 1.807) is 14.2 Å². The van der Waals surface area contributed by atoms with Gasteiger partial charge in [0.05, 0.1) is 20.1 Å². The fourth-order valence-corrected chi connectivity index (χ4v) is 3.17. The molecule has 2 rings (SSSR count). The molecule has 0 bridgehead atoms. The van der Waals surface area contributed by atoms with Crippen LogP contribution in [0, 0.1) is 5.92 Å². The number of hydrogen-bond acceptors (Lipinski definition) is 5. The van der Waals surface area contributed by atoms with Gasteiger partial charge in [-0.25, -0.2) is 0 Å². The maximum absolute atomic E-state index is 11.9. The lowest BCUT2D eigenvalue weighted by molar-refractivity contribution is -0.126. The summed E-state index contributed by atoms with van der Waals surface area (Å²) >= 11 is 1.24. The van der Waals surface area contributed by atoms with E-state index < -0.39 is 0 Å². The Morgan fingerprint density at radius 3 is 2.71 bits per heavy atom. The second-order valence-electron chi connectivity index (χ2n) is 4.81. The van der Waals surface area contributed by atoms with E-state index in [0.29, 0.717) is 36.6 Å². The highest BCUT2D eigenvalue weighted by molar-refractivity contribution is 8.14. The lowest BCUT2D eigenvalue weighted by Gasteiger charge is -2.11. The largest absolute Gasteiger partial charge is 0.493 e. The Morgan fingerprint density at radius 1 is 1.33 bits per heavy atom. The Bertz CT molecular complexity index is 532. The summed E-state index contributed by atoms with van der Waals surface area (Å²) in [7, 11) is 3.19. The molecule has 21 heavy (non-hydrogen) atoms. The van der Waals surface area contributed by atoms with Crippen molar-refractivity contribution >= 4 is 22.8 Å². The molecular weight excluding hydrogens is 290 g/mol. The highest BCUT2D eigenvalue weighted by atomic mass is 32.2. The Labute approximate surface area is 128 Å². The lowest BCUT2D eigenvalue weighted by atomic mass is 10.1.